The molecule has 3 nitrogen and oxygen atoms in total. The summed E-state index contributed by atoms with van der Waals surface area (Å²) in [5.74, 6) is 3.62. The fourth-order valence-corrected chi connectivity index (χ4v) is 6.51. The Labute approximate surface area is 211 Å². The van der Waals surface area contributed by atoms with Gasteiger partial charge in [-0.05, 0) is 120 Å². The summed E-state index contributed by atoms with van der Waals surface area (Å²) >= 11 is 0. The van der Waals surface area contributed by atoms with E-state index in [0.717, 1.165) is 30.6 Å². The smallest absolute Gasteiger partial charge is 0.312 e. The van der Waals surface area contributed by atoms with Gasteiger partial charge in [0.15, 0.2) is 0 Å². The van der Waals surface area contributed by atoms with Gasteiger partial charge in [-0.25, -0.2) is 0 Å². The molecule has 0 heterocycles. The van der Waals surface area contributed by atoms with Crippen LogP contribution >= 0.6 is 0 Å². The number of phenolic OH excluding ortho intramolecular Hbond substituents is 1. The third-order valence-electron chi connectivity index (χ3n) is 9.17. The Balaban J connectivity index is 0.000000382. The second-order valence-electron chi connectivity index (χ2n) is 12.2. The number of hydrogen-bond acceptors (Lipinski definition) is 3. The quantitative estimate of drug-likeness (QED) is 0.418. The molecule has 1 atom stereocenters. The van der Waals surface area contributed by atoms with Crippen LogP contribution in [0.15, 0.2) is 24.3 Å². The summed E-state index contributed by atoms with van der Waals surface area (Å²) in [6, 6.07) is 7.43. The number of esters is 1. The van der Waals surface area contributed by atoms with E-state index in [0.29, 0.717) is 11.7 Å². The van der Waals surface area contributed by atoms with Gasteiger partial charge >= 0.3 is 5.97 Å². The van der Waals surface area contributed by atoms with Crippen LogP contribution in [0, 0.1) is 28.6 Å². The Morgan fingerprint density at radius 2 is 1.41 bits per heavy atom. The van der Waals surface area contributed by atoms with Gasteiger partial charge in [0.1, 0.15) is 11.4 Å². The normalized spacial score (nSPS) is 28.0. The van der Waals surface area contributed by atoms with E-state index in [4.69, 9.17) is 9.84 Å². The Morgan fingerprint density at radius 3 is 1.79 bits per heavy atom. The SMILES string of the molecule is C.C.CCC(C)(C)C(=O)OC(C)(C)C12CC3CC(CC(C3)C1)C2.CCC(C)c1ccc(O)cc1. The molecular weight excluding hydrogens is 420 g/mol. The predicted octanol–water partition coefficient (Wildman–Crippen LogP) is 9.14. The molecule has 0 spiro atoms. The van der Waals surface area contributed by atoms with Crippen LogP contribution < -0.4 is 0 Å². The lowest BCUT2D eigenvalue weighted by atomic mass is 9.46. The lowest BCUT2D eigenvalue weighted by molar-refractivity contribution is -0.206. The standard InChI is InChI=1S/C19H32O2.C10H14O.2CH4/c1-6-17(2,3)16(20)21-18(4,5)19-10-13-7-14(11-19)9-15(8-13)12-19;1-3-8(2)9-4-6-10(11)7-5-9;;/h13-15H,6-12H2,1-5H3;4-8,11H,3H2,1-2H3;2*1H4. The molecule has 1 aromatic rings. The molecule has 34 heavy (non-hydrogen) atoms. The molecule has 4 fully saturated rings. The third kappa shape index (κ3) is 6.38. The molecule has 0 amide bonds. The molecule has 0 aliphatic heterocycles. The molecule has 0 aromatic heterocycles. The van der Waals surface area contributed by atoms with Crippen LogP contribution in [0.2, 0.25) is 0 Å². The largest absolute Gasteiger partial charge is 0.508 e. The number of carbonyl (C=O) groups excluding carboxylic acids is 1. The van der Waals surface area contributed by atoms with Crippen molar-refractivity contribution in [3.63, 3.8) is 0 Å². The first kappa shape index (κ1) is 30.5. The van der Waals surface area contributed by atoms with Crippen molar-refractivity contribution in [2.24, 2.45) is 28.6 Å². The highest BCUT2D eigenvalue weighted by atomic mass is 16.6. The number of aromatic hydroxyl groups is 1. The van der Waals surface area contributed by atoms with Crippen molar-refractivity contribution in [1.29, 1.82) is 0 Å². The molecule has 3 heteroatoms. The third-order valence-corrected chi connectivity index (χ3v) is 9.17. The van der Waals surface area contributed by atoms with Crippen molar-refractivity contribution >= 4 is 5.97 Å². The van der Waals surface area contributed by atoms with Crippen LogP contribution in [0.3, 0.4) is 0 Å². The molecule has 4 saturated carbocycles. The van der Waals surface area contributed by atoms with Gasteiger partial charge in [-0.2, -0.15) is 0 Å². The van der Waals surface area contributed by atoms with E-state index in [1.54, 1.807) is 12.1 Å². The second kappa shape index (κ2) is 11.5. The summed E-state index contributed by atoms with van der Waals surface area (Å²) in [5.41, 5.74) is 0.873. The van der Waals surface area contributed by atoms with Crippen molar-refractivity contribution in [3.8, 4) is 5.75 Å². The fraction of sp³-hybridized carbons (Fsp3) is 0.774. The highest BCUT2D eigenvalue weighted by Crippen LogP contribution is 2.64. The molecule has 5 rings (SSSR count). The zero-order valence-electron chi connectivity index (χ0n) is 21.5. The second-order valence-corrected chi connectivity index (χ2v) is 12.2. The van der Waals surface area contributed by atoms with Crippen molar-refractivity contribution in [3.05, 3.63) is 29.8 Å². The Morgan fingerprint density at radius 1 is 0.971 bits per heavy atom. The first-order valence-electron chi connectivity index (χ1n) is 12.9. The van der Waals surface area contributed by atoms with E-state index >= 15 is 0 Å². The van der Waals surface area contributed by atoms with Gasteiger partial charge in [0.05, 0.1) is 5.41 Å². The molecular formula is C31H54O3. The van der Waals surface area contributed by atoms with Gasteiger partial charge in [0.2, 0.25) is 0 Å². The number of benzene rings is 1. The molecule has 1 unspecified atom stereocenters. The molecule has 0 radical (unpaired) electrons. The van der Waals surface area contributed by atoms with Gasteiger partial charge in [0.25, 0.3) is 0 Å². The van der Waals surface area contributed by atoms with Crippen LogP contribution in [0.1, 0.15) is 126 Å². The fourth-order valence-electron chi connectivity index (χ4n) is 6.51. The van der Waals surface area contributed by atoms with Crippen molar-refractivity contribution in [2.45, 2.75) is 126 Å². The lowest BCUT2D eigenvalue weighted by Crippen LogP contribution is -2.58. The number of phenols is 1. The minimum absolute atomic E-state index is 0. The van der Waals surface area contributed by atoms with Gasteiger partial charge in [-0.3, -0.25) is 4.79 Å². The molecule has 1 N–H and O–H groups in total. The molecule has 4 aliphatic carbocycles. The van der Waals surface area contributed by atoms with Crippen LogP contribution in [0.4, 0.5) is 0 Å². The van der Waals surface area contributed by atoms with E-state index in [2.05, 4.69) is 34.6 Å². The highest BCUT2D eigenvalue weighted by Gasteiger charge is 2.59. The predicted molar refractivity (Wildman–Crippen MR) is 145 cm³/mol. The molecule has 1 aromatic carbocycles. The van der Waals surface area contributed by atoms with Gasteiger partial charge in [-0.1, -0.05) is 47.8 Å². The Hall–Kier alpha value is -1.51. The first-order chi connectivity index (χ1) is 14.9. The number of ether oxygens (including phenoxy) is 1. The molecule has 4 aliphatic rings. The van der Waals surface area contributed by atoms with E-state index < -0.39 is 0 Å². The Kier molecular flexibility index (Phi) is 10.3. The van der Waals surface area contributed by atoms with Crippen LogP contribution in [-0.4, -0.2) is 16.7 Å². The Bertz CT molecular complexity index is 739. The first-order valence-corrected chi connectivity index (χ1v) is 12.9. The molecule has 196 valence electrons. The monoisotopic (exact) mass is 474 g/mol. The van der Waals surface area contributed by atoms with Crippen LogP contribution in [0.25, 0.3) is 0 Å². The maximum Gasteiger partial charge on any atom is 0.312 e. The maximum absolute atomic E-state index is 12.6. The zero-order chi connectivity index (χ0) is 23.7. The lowest BCUT2D eigenvalue weighted by Gasteiger charge is -2.61. The van der Waals surface area contributed by atoms with Crippen LogP contribution in [-0.2, 0) is 9.53 Å². The summed E-state index contributed by atoms with van der Waals surface area (Å²) in [5, 5.41) is 9.01. The average molecular weight is 475 g/mol. The minimum atomic E-state index is -0.362. The number of rotatable bonds is 6. The van der Waals surface area contributed by atoms with E-state index in [9.17, 15) is 4.79 Å². The van der Waals surface area contributed by atoms with Gasteiger partial charge < -0.3 is 9.84 Å². The van der Waals surface area contributed by atoms with Crippen LogP contribution in [0.5, 0.6) is 5.75 Å². The summed E-state index contributed by atoms with van der Waals surface area (Å²) < 4.78 is 6.14. The highest BCUT2D eigenvalue weighted by molar-refractivity contribution is 5.76. The summed E-state index contributed by atoms with van der Waals surface area (Å²) in [6.07, 6.45) is 10.1. The molecule has 0 saturated heterocycles. The van der Waals surface area contributed by atoms with E-state index in [-0.39, 0.29) is 37.3 Å². The summed E-state index contributed by atoms with van der Waals surface area (Å²) in [6.45, 7) is 14.8. The van der Waals surface area contributed by atoms with Crippen molar-refractivity contribution < 1.29 is 14.6 Å². The maximum atomic E-state index is 12.6. The summed E-state index contributed by atoms with van der Waals surface area (Å²) in [4.78, 5) is 12.6. The van der Waals surface area contributed by atoms with E-state index in [1.807, 2.05) is 26.0 Å². The minimum Gasteiger partial charge on any atom is -0.508 e. The molecule has 4 bridgehead atoms. The zero-order valence-corrected chi connectivity index (χ0v) is 21.5. The van der Waals surface area contributed by atoms with Gasteiger partial charge in [-0.15, -0.1) is 0 Å². The number of hydrogen-bond donors (Lipinski definition) is 1. The topological polar surface area (TPSA) is 46.5 Å². The van der Waals surface area contributed by atoms with Gasteiger partial charge in [0, 0.05) is 5.41 Å². The van der Waals surface area contributed by atoms with Crippen molar-refractivity contribution in [1.82, 2.24) is 0 Å². The number of carbonyl (C=O) groups is 1. The summed E-state index contributed by atoms with van der Waals surface area (Å²) in [7, 11) is 0. The average Bonchev–Trinajstić information content (AvgIpc) is 2.73. The van der Waals surface area contributed by atoms with Crippen molar-refractivity contribution in [2.75, 3.05) is 0 Å². The van der Waals surface area contributed by atoms with E-state index in [1.165, 1.54) is 44.1 Å².